The monoisotopic (exact) mass is 451 g/mol. The Hall–Kier alpha value is -0.910. The number of hydrogen-bond donors (Lipinski definition) is 1. The molecule has 0 saturated heterocycles. The van der Waals surface area contributed by atoms with Crippen LogP contribution in [-0.2, 0) is 0 Å². The van der Waals surface area contributed by atoms with E-state index in [1.165, 1.54) is 25.5 Å². The van der Waals surface area contributed by atoms with Gasteiger partial charge in [-0.25, -0.2) is 0 Å². The van der Waals surface area contributed by atoms with Gasteiger partial charge < -0.3 is 5.73 Å². The van der Waals surface area contributed by atoms with Crippen LogP contribution in [0.1, 0.15) is 22.7 Å². The lowest BCUT2D eigenvalue weighted by Gasteiger charge is -2.19. The lowest BCUT2D eigenvalue weighted by Crippen LogP contribution is -2.14. The average Bonchev–Trinajstić information content (AvgIpc) is 2.49. The SMILES string of the molecule is Cc1ccc2ccccc2c1C(N)c1cc(I)ccc1Br. The van der Waals surface area contributed by atoms with Crippen molar-refractivity contribution in [1.29, 1.82) is 0 Å². The highest BCUT2D eigenvalue weighted by atomic mass is 127. The molecular weight excluding hydrogens is 437 g/mol. The first-order valence-corrected chi connectivity index (χ1v) is 8.64. The molecule has 1 nitrogen and oxygen atoms in total. The Balaban J connectivity index is 2.24. The summed E-state index contributed by atoms with van der Waals surface area (Å²) in [5.41, 5.74) is 10.2. The van der Waals surface area contributed by atoms with Crippen LogP contribution in [0, 0.1) is 10.5 Å². The normalized spacial score (nSPS) is 12.6. The van der Waals surface area contributed by atoms with Crippen LogP contribution < -0.4 is 5.73 Å². The molecule has 21 heavy (non-hydrogen) atoms. The van der Waals surface area contributed by atoms with E-state index in [1.54, 1.807) is 0 Å². The van der Waals surface area contributed by atoms with Crippen molar-refractivity contribution in [3.63, 3.8) is 0 Å². The predicted molar refractivity (Wildman–Crippen MR) is 102 cm³/mol. The molecule has 0 aliphatic carbocycles. The van der Waals surface area contributed by atoms with Gasteiger partial charge in [0.15, 0.2) is 0 Å². The zero-order valence-electron chi connectivity index (χ0n) is 11.6. The van der Waals surface area contributed by atoms with Crippen molar-refractivity contribution in [1.82, 2.24) is 0 Å². The van der Waals surface area contributed by atoms with Crippen LogP contribution in [0.2, 0.25) is 0 Å². The van der Waals surface area contributed by atoms with Gasteiger partial charge in [0.25, 0.3) is 0 Å². The van der Waals surface area contributed by atoms with Crippen molar-refractivity contribution in [3.05, 3.63) is 79.3 Å². The van der Waals surface area contributed by atoms with Crippen LogP contribution >= 0.6 is 38.5 Å². The van der Waals surface area contributed by atoms with Gasteiger partial charge >= 0.3 is 0 Å². The van der Waals surface area contributed by atoms with E-state index in [0.717, 1.165) is 10.0 Å². The molecule has 1 unspecified atom stereocenters. The smallest absolute Gasteiger partial charge is 0.0571 e. The van der Waals surface area contributed by atoms with Gasteiger partial charge in [-0.05, 0) is 75.2 Å². The lowest BCUT2D eigenvalue weighted by atomic mass is 9.91. The van der Waals surface area contributed by atoms with Crippen molar-refractivity contribution < 1.29 is 0 Å². The second-order valence-corrected chi connectivity index (χ2v) is 7.26. The third-order valence-electron chi connectivity index (χ3n) is 3.79. The van der Waals surface area contributed by atoms with E-state index in [4.69, 9.17) is 5.73 Å². The number of benzene rings is 3. The molecule has 1 atom stereocenters. The summed E-state index contributed by atoms with van der Waals surface area (Å²) in [6.45, 7) is 2.13. The largest absolute Gasteiger partial charge is 0.320 e. The summed E-state index contributed by atoms with van der Waals surface area (Å²) in [6.07, 6.45) is 0. The molecular formula is C18H15BrIN. The summed E-state index contributed by atoms with van der Waals surface area (Å²) in [5.74, 6) is 0. The predicted octanol–water partition coefficient (Wildman–Crippen LogP) is 5.56. The zero-order valence-corrected chi connectivity index (χ0v) is 15.4. The van der Waals surface area contributed by atoms with Crippen LogP contribution in [-0.4, -0.2) is 0 Å². The van der Waals surface area contributed by atoms with Crippen molar-refractivity contribution in [3.8, 4) is 0 Å². The molecule has 3 rings (SSSR count). The molecule has 0 aliphatic rings. The summed E-state index contributed by atoms with van der Waals surface area (Å²) in [5, 5.41) is 2.46. The molecule has 0 spiro atoms. The molecule has 0 saturated carbocycles. The molecule has 0 radical (unpaired) electrons. The maximum atomic E-state index is 6.62. The van der Waals surface area contributed by atoms with Gasteiger partial charge in [0.1, 0.15) is 0 Å². The third kappa shape index (κ3) is 2.87. The topological polar surface area (TPSA) is 26.0 Å². The quantitative estimate of drug-likeness (QED) is 0.507. The van der Waals surface area contributed by atoms with E-state index < -0.39 is 0 Å². The minimum Gasteiger partial charge on any atom is -0.320 e. The van der Waals surface area contributed by atoms with Crippen molar-refractivity contribution >= 4 is 49.3 Å². The minimum atomic E-state index is -0.139. The third-order valence-corrected chi connectivity index (χ3v) is 5.19. The maximum Gasteiger partial charge on any atom is 0.0571 e. The van der Waals surface area contributed by atoms with Crippen molar-refractivity contribution in [2.75, 3.05) is 0 Å². The molecule has 3 heteroatoms. The summed E-state index contributed by atoms with van der Waals surface area (Å²) in [4.78, 5) is 0. The Morgan fingerprint density at radius 1 is 1.05 bits per heavy atom. The number of aryl methyl sites for hydroxylation is 1. The Labute approximate surface area is 146 Å². The fourth-order valence-corrected chi connectivity index (χ4v) is 3.73. The van der Waals surface area contributed by atoms with Crippen LogP contribution in [0.5, 0.6) is 0 Å². The molecule has 0 aliphatic heterocycles. The van der Waals surface area contributed by atoms with Gasteiger partial charge in [-0.15, -0.1) is 0 Å². The summed E-state index contributed by atoms with van der Waals surface area (Å²) in [7, 11) is 0. The van der Waals surface area contributed by atoms with Crippen molar-refractivity contribution in [2.45, 2.75) is 13.0 Å². The van der Waals surface area contributed by atoms with Crippen LogP contribution in [0.4, 0.5) is 0 Å². The standard InChI is InChI=1S/C18H15BrIN/c1-11-6-7-12-4-2-3-5-14(12)17(11)18(21)15-10-13(20)8-9-16(15)19/h2-10,18H,21H2,1H3. The molecule has 3 aromatic carbocycles. The van der Waals surface area contributed by atoms with E-state index in [9.17, 15) is 0 Å². The number of hydrogen-bond acceptors (Lipinski definition) is 1. The summed E-state index contributed by atoms with van der Waals surface area (Å²) >= 11 is 5.96. The summed E-state index contributed by atoms with van der Waals surface area (Å²) < 4.78 is 2.25. The highest BCUT2D eigenvalue weighted by molar-refractivity contribution is 14.1. The first-order valence-electron chi connectivity index (χ1n) is 6.76. The highest BCUT2D eigenvalue weighted by Gasteiger charge is 2.17. The zero-order chi connectivity index (χ0) is 15.0. The second kappa shape index (κ2) is 6.07. The highest BCUT2D eigenvalue weighted by Crippen LogP contribution is 2.34. The Kier molecular flexibility index (Phi) is 4.33. The molecule has 0 aromatic heterocycles. The van der Waals surface area contributed by atoms with Gasteiger partial charge in [-0.3, -0.25) is 0 Å². The molecule has 0 amide bonds. The van der Waals surface area contributed by atoms with E-state index in [2.05, 4.69) is 100 Å². The van der Waals surface area contributed by atoms with Gasteiger partial charge in [0.05, 0.1) is 6.04 Å². The van der Waals surface area contributed by atoms with Crippen LogP contribution in [0.3, 0.4) is 0 Å². The average molecular weight is 452 g/mol. The fraction of sp³-hybridized carbons (Fsp3) is 0.111. The van der Waals surface area contributed by atoms with E-state index in [0.29, 0.717) is 0 Å². The molecule has 3 aromatic rings. The molecule has 0 bridgehead atoms. The fourth-order valence-electron chi connectivity index (χ4n) is 2.73. The van der Waals surface area contributed by atoms with Gasteiger partial charge in [-0.2, -0.15) is 0 Å². The second-order valence-electron chi connectivity index (χ2n) is 5.16. The van der Waals surface area contributed by atoms with Crippen LogP contribution in [0.15, 0.2) is 59.1 Å². The Morgan fingerprint density at radius 3 is 2.62 bits per heavy atom. The number of nitrogens with two attached hydrogens (primary N) is 1. The molecule has 0 fully saturated rings. The van der Waals surface area contributed by atoms with Gasteiger partial charge in [0.2, 0.25) is 0 Å². The summed E-state index contributed by atoms with van der Waals surface area (Å²) in [6, 6.07) is 18.9. The number of fused-ring (bicyclic) bond motifs is 1. The first-order chi connectivity index (χ1) is 10.1. The van der Waals surface area contributed by atoms with Gasteiger partial charge in [0, 0.05) is 8.04 Å². The molecule has 0 heterocycles. The number of halogens is 2. The minimum absolute atomic E-state index is 0.139. The molecule has 2 N–H and O–H groups in total. The number of rotatable bonds is 2. The van der Waals surface area contributed by atoms with Gasteiger partial charge in [-0.1, -0.05) is 52.3 Å². The van der Waals surface area contributed by atoms with Crippen LogP contribution in [0.25, 0.3) is 10.8 Å². The van der Waals surface area contributed by atoms with E-state index in [1.807, 2.05) is 0 Å². The lowest BCUT2D eigenvalue weighted by molar-refractivity contribution is 0.865. The van der Waals surface area contributed by atoms with E-state index in [-0.39, 0.29) is 6.04 Å². The van der Waals surface area contributed by atoms with Crippen molar-refractivity contribution in [2.24, 2.45) is 5.73 Å². The first kappa shape index (κ1) is 15.0. The van der Waals surface area contributed by atoms with E-state index >= 15 is 0 Å². The molecule has 106 valence electrons. The Morgan fingerprint density at radius 2 is 1.81 bits per heavy atom. The maximum absolute atomic E-state index is 6.62. The Bertz CT molecular complexity index is 813.